The van der Waals surface area contributed by atoms with Crippen LogP contribution in [0.1, 0.15) is 16.1 Å². The Morgan fingerprint density at radius 1 is 1.50 bits per heavy atom. The molecule has 0 aliphatic carbocycles. The number of nitrogens with zero attached hydrogens (tertiary/aromatic N) is 2. The highest BCUT2D eigenvalue weighted by Gasteiger charge is 2.33. The van der Waals surface area contributed by atoms with Crippen LogP contribution in [0.15, 0.2) is 6.07 Å². The van der Waals surface area contributed by atoms with E-state index in [9.17, 15) is 22.4 Å². The zero-order valence-corrected chi connectivity index (χ0v) is 7.38. The van der Waals surface area contributed by atoms with Crippen molar-refractivity contribution in [1.29, 1.82) is 5.26 Å². The summed E-state index contributed by atoms with van der Waals surface area (Å²) in [5.74, 6) is -2.87. The number of ether oxygens (including phenoxy) is 1. The molecule has 16 heavy (non-hydrogen) atoms. The summed E-state index contributed by atoms with van der Waals surface area (Å²) in [7, 11) is 0. The van der Waals surface area contributed by atoms with Crippen LogP contribution in [0.25, 0.3) is 0 Å². The number of hydrogen-bond donors (Lipinski definition) is 0. The lowest BCUT2D eigenvalue weighted by Gasteiger charge is -2.08. The maximum Gasteiger partial charge on any atom is 0.574 e. The molecule has 84 valence electrons. The lowest BCUT2D eigenvalue weighted by atomic mass is 10.2. The van der Waals surface area contributed by atoms with Crippen molar-refractivity contribution in [3.05, 3.63) is 23.1 Å². The number of hydrogen-bond acceptors (Lipinski definition) is 4. The molecule has 0 aromatic carbocycles. The Balaban J connectivity index is 3.23. The maximum atomic E-state index is 12.9. The van der Waals surface area contributed by atoms with E-state index in [1.54, 1.807) is 0 Å². The third-order valence-corrected chi connectivity index (χ3v) is 1.42. The van der Waals surface area contributed by atoms with Crippen LogP contribution < -0.4 is 4.74 Å². The van der Waals surface area contributed by atoms with E-state index in [-0.39, 0.29) is 6.29 Å². The van der Waals surface area contributed by atoms with Crippen molar-refractivity contribution in [2.75, 3.05) is 0 Å². The third kappa shape index (κ3) is 2.66. The average molecular weight is 234 g/mol. The Labute approximate surface area is 86.1 Å². The average Bonchev–Trinajstić information content (AvgIpc) is 2.18. The number of alkyl halides is 3. The Kier molecular flexibility index (Phi) is 3.08. The molecule has 0 saturated heterocycles. The van der Waals surface area contributed by atoms with Gasteiger partial charge >= 0.3 is 6.36 Å². The fraction of sp³-hybridized carbons (Fsp3) is 0.125. The summed E-state index contributed by atoms with van der Waals surface area (Å²) < 4.78 is 51.4. The van der Waals surface area contributed by atoms with Gasteiger partial charge in [0.05, 0.1) is 5.56 Å². The quantitative estimate of drug-likeness (QED) is 0.578. The molecule has 0 spiro atoms. The molecule has 0 bridgehead atoms. The van der Waals surface area contributed by atoms with E-state index in [0.717, 1.165) is 0 Å². The van der Waals surface area contributed by atoms with Gasteiger partial charge in [-0.05, 0) is 6.07 Å². The summed E-state index contributed by atoms with van der Waals surface area (Å²) in [6.45, 7) is 0. The van der Waals surface area contributed by atoms with Gasteiger partial charge in [-0.25, -0.2) is 4.39 Å². The first kappa shape index (κ1) is 11.9. The number of pyridine rings is 1. The molecule has 1 heterocycles. The normalized spacial score (nSPS) is 10.7. The Hall–Kier alpha value is -2.17. The van der Waals surface area contributed by atoms with Crippen LogP contribution in [0.3, 0.4) is 0 Å². The summed E-state index contributed by atoms with van der Waals surface area (Å²) in [5, 5.41) is 8.43. The predicted octanol–water partition coefficient (Wildman–Crippen LogP) is 1.80. The fourth-order valence-electron chi connectivity index (χ4n) is 0.847. The van der Waals surface area contributed by atoms with Gasteiger partial charge in [0, 0.05) is 0 Å². The zero-order chi connectivity index (χ0) is 12.3. The predicted molar refractivity (Wildman–Crippen MR) is 41.0 cm³/mol. The monoisotopic (exact) mass is 234 g/mol. The van der Waals surface area contributed by atoms with E-state index in [0.29, 0.717) is 6.07 Å². The van der Waals surface area contributed by atoms with E-state index >= 15 is 0 Å². The van der Waals surface area contributed by atoms with Gasteiger partial charge in [-0.3, -0.25) is 4.79 Å². The Morgan fingerprint density at radius 2 is 2.12 bits per heavy atom. The van der Waals surface area contributed by atoms with Crippen LogP contribution in [0.5, 0.6) is 5.88 Å². The first-order valence-electron chi connectivity index (χ1n) is 3.69. The van der Waals surface area contributed by atoms with Gasteiger partial charge in [-0.1, -0.05) is 0 Å². The molecule has 0 aliphatic rings. The third-order valence-electron chi connectivity index (χ3n) is 1.42. The number of halogens is 4. The van der Waals surface area contributed by atoms with E-state index in [2.05, 4.69) is 9.72 Å². The first-order valence-corrected chi connectivity index (χ1v) is 3.69. The van der Waals surface area contributed by atoms with Crippen molar-refractivity contribution in [2.24, 2.45) is 0 Å². The number of rotatable bonds is 2. The molecule has 0 atom stereocenters. The highest BCUT2D eigenvalue weighted by molar-refractivity contribution is 5.78. The van der Waals surface area contributed by atoms with Gasteiger partial charge < -0.3 is 4.74 Å². The summed E-state index contributed by atoms with van der Waals surface area (Å²) in [4.78, 5) is 13.3. The Bertz CT molecular complexity index is 464. The fourth-order valence-corrected chi connectivity index (χ4v) is 0.847. The summed E-state index contributed by atoms with van der Waals surface area (Å²) >= 11 is 0. The highest BCUT2D eigenvalue weighted by Crippen LogP contribution is 2.24. The lowest BCUT2D eigenvalue weighted by Crippen LogP contribution is -2.19. The van der Waals surface area contributed by atoms with Gasteiger partial charge in [-0.15, -0.1) is 13.2 Å². The highest BCUT2D eigenvalue weighted by atomic mass is 19.4. The molecular weight excluding hydrogens is 232 g/mol. The second kappa shape index (κ2) is 4.14. The van der Waals surface area contributed by atoms with E-state index < -0.39 is 29.3 Å². The summed E-state index contributed by atoms with van der Waals surface area (Å²) in [5.41, 5.74) is -1.09. The minimum atomic E-state index is -5.12. The molecule has 0 amide bonds. The second-order valence-electron chi connectivity index (χ2n) is 2.49. The van der Waals surface area contributed by atoms with E-state index in [1.807, 2.05) is 0 Å². The van der Waals surface area contributed by atoms with Crippen molar-refractivity contribution in [3.8, 4) is 11.9 Å². The van der Waals surface area contributed by atoms with Gasteiger partial charge in [-0.2, -0.15) is 10.2 Å². The number of aldehydes is 1. The largest absolute Gasteiger partial charge is 0.574 e. The summed E-state index contributed by atoms with van der Waals surface area (Å²) in [6.07, 6.45) is -5.02. The standard InChI is InChI=1S/C8H2F4N2O2/c9-5-1-4(3-15)6(2-13)14-7(5)16-8(10,11)12/h1,3H. The van der Waals surface area contributed by atoms with Crippen molar-refractivity contribution in [2.45, 2.75) is 6.36 Å². The van der Waals surface area contributed by atoms with Crippen LogP contribution in [-0.4, -0.2) is 17.6 Å². The van der Waals surface area contributed by atoms with Gasteiger partial charge in [0.15, 0.2) is 17.8 Å². The molecule has 1 aromatic heterocycles. The molecule has 0 radical (unpaired) electrons. The molecule has 0 saturated carbocycles. The number of carbonyl (C=O) groups excluding carboxylic acids is 1. The van der Waals surface area contributed by atoms with E-state index in [4.69, 9.17) is 5.26 Å². The maximum absolute atomic E-state index is 12.9. The molecule has 0 aliphatic heterocycles. The van der Waals surface area contributed by atoms with Crippen LogP contribution in [-0.2, 0) is 0 Å². The smallest absolute Gasteiger partial charge is 0.385 e. The van der Waals surface area contributed by atoms with Gasteiger partial charge in [0.2, 0.25) is 0 Å². The van der Waals surface area contributed by atoms with Crippen molar-refractivity contribution < 1.29 is 27.1 Å². The molecule has 0 fully saturated rings. The van der Waals surface area contributed by atoms with Crippen molar-refractivity contribution in [3.63, 3.8) is 0 Å². The van der Waals surface area contributed by atoms with Gasteiger partial charge in [0.25, 0.3) is 5.88 Å². The molecule has 1 rings (SSSR count). The lowest BCUT2D eigenvalue weighted by molar-refractivity contribution is -0.277. The number of carbonyl (C=O) groups is 1. The Morgan fingerprint density at radius 3 is 2.56 bits per heavy atom. The molecule has 8 heteroatoms. The molecule has 1 aromatic rings. The molecule has 0 unspecified atom stereocenters. The van der Waals surface area contributed by atoms with Crippen molar-refractivity contribution in [1.82, 2.24) is 4.98 Å². The van der Waals surface area contributed by atoms with Crippen LogP contribution in [0, 0.1) is 17.1 Å². The first-order chi connectivity index (χ1) is 7.37. The minimum absolute atomic E-state index is 0.103. The van der Waals surface area contributed by atoms with Crippen molar-refractivity contribution >= 4 is 6.29 Å². The van der Waals surface area contributed by atoms with Gasteiger partial charge in [0.1, 0.15) is 6.07 Å². The number of nitriles is 1. The second-order valence-corrected chi connectivity index (χ2v) is 2.49. The SMILES string of the molecule is N#Cc1nc(OC(F)(F)F)c(F)cc1C=O. The minimum Gasteiger partial charge on any atom is -0.385 e. The topological polar surface area (TPSA) is 63.0 Å². The van der Waals surface area contributed by atoms with Crippen LogP contribution in [0.2, 0.25) is 0 Å². The molecule has 0 N–H and O–H groups in total. The zero-order valence-electron chi connectivity index (χ0n) is 7.38. The number of aromatic nitrogens is 1. The summed E-state index contributed by atoms with van der Waals surface area (Å²) in [6, 6.07) is 1.79. The molecular formula is C8H2F4N2O2. The van der Waals surface area contributed by atoms with Crippen LogP contribution >= 0.6 is 0 Å². The van der Waals surface area contributed by atoms with E-state index in [1.165, 1.54) is 6.07 Å². The van der Waals surface area contributed by atoms with Crippen LogP contribution in [0.4, 0.5) is 17.6 Å². The molecule has 4 nitrogen and oxygen atoms in total.